The van der Waals surface area contributed by atoms with E-state index in [0.29, 0.717) is 6.54 Å². The number of ether oxygens (including phenoxy) is 1. The average molecular weight is 271 g/mol. The van der Waals surface area contributed by atoms with Crippen molar-refractivity contribution >= 4 is 17.7 Å². The van der Waals surface area contributed by atoms with Crippen LogP contribution in [0.2, 0.25) is 0 Å². The Bertz CT molecular complexity index is 355. The van der Waals surface area contributed by atoms with E-state index in [1.807, 2.05) is 6.92 Å². The predicted octanol–water partition coefficient (Wildman–Crippen LogP) is 0.792. The highest BCUT2D eigenvalue weighted by atomic mass is 16.6. The van der Waals surface area contributed by atoms with Crippen LogP contribution < -0.4 is 10.6 Å². The second kappa shape index (κ2) is 7.60. The molecule has 0 aromatic rings. The Morgan fingerprint density at radius 3 is 2.79 bits per heavy atom. The molecule has 0 fully saturated rings. The number of carbonyl (C=O) groups is 2. The zero-order chi connectivity index (χ0) is 14.3. The summed E-state index contributed by atoms with van der Waals surface area (Å²) in [6, 6.07) is -0.328. The first kappa shape index (κ1) is 15.3. The molecule has 1 unspecified atom stereocenters. The van der Waals surface area contributed by atoms with Gasteiger partial charge in [0.1, 0.15) is 6.10 Å². The maximum atomic E-state index is 11.4. The van der Waals surface area contributed by atoms with Crippen LogP contribution in [0.25, 0.3) is 0 Å². The summed E-state index contributed by atoms with van der Waals surface area (Å²) in [6.07, 6.45) is 0.648. The Morgan fingerprint density at radius 2 is 2.21 bits per heavy atom. The van der Waals surface area contributed by atoms with E-state index in [0.717, 1.165) is 12.1 Å². The van der Waals surface area contributed by atoms with Gasteiger partial charge in [-0.05, 0) is 20.8 Å². The van der Waals surface area contributed by atoms with E-state index < -0.39 is 0 Å². The Morgan fingerprint density at radius 1 is 1.47 bits per heavy atom. The molecule has 1 heterocycles. The molecule has 1 atom stereocenters. The fraction of sp³-hybridized carbons (Fsp3) is 0.750. The van der Waals surface area contributed by atoms with Crippen molar-refractivity contribution in [1.82, 2.24) is 10.6 Å². The zero-order valence-electron chi connectivity index (χ0n) is 11.6. The minimum atomic E-state index is -0.328. The fourth-order valence-electron chi connectivity index (χ4n) is 1.55. The van der Waals surface area contributed by atoms with E-state index in [-0.39, 0.29) is 37.2 Å². The third kappa shape index (κ3) is 6.64. The number of hydrogen-bond donors (Lipinski definition) is 2. The molecule has 1 aliphatic rings. The summed E-state index contributed by atoms with van der Waals surface area (Å²) in [5.74, 6) is -0.321. The van der Waals surface area contributed by atoms with Gasteiger partial charge in [0.2, 0.25) is 0 Å². The number of urea groups is 1. The highest BCUT2D eigenvalue weighted by Gasteiger charge is 2.18. The third-order valence-electron chi connectivity index (χ3n) is 2.35. The smallest absolute Gasteiger partial charge is 0.314 e. The van der Waals surface area contributed by atoms with Crippen LogP contribution in [0.1, 0.15) is 33.6 Å². The number of rotatable bonds is 6. The summed E-state index contributed by atoms with van der Waals surface area (Å²) >= 11 is 0. The van der Waals surface area contributed by atoms with E-state index in [1.54, 1.807) is 13.8 Å². The SMILES string of the molecule is CC1=NOC(CNC(=O)NCCC(=O)OC(C)C)C1. The van der Waals surface area contributed by atoms with E-state index in [1.165, 1.54) is 0 Å². The van der Waals surface area contributed by atoms with Gasteiger partial charge in [-0.15, -0.1) is 0 Å². The number of esters is 1. The van der Waals surface area contributed by atoms with Crippen molar-refractivity contribution in [2.75, 3.05) is 13.1 Å². The normalized spacial score (nSPS) is 17.7. The lowest BCUT2D eigenvalue weighted by molar-refractivity contribution is -0.147. The summed E-state index contributed by atoms with van der Waals surface area (Å²) in [4.78, 5) is 27.7. The number of carbonyl (C=O) groups excluding carboxylic acids is 2. The van der Waals surface area contributed by atoms with Crippen molar-refractivity contribution in [3.8, 4) is 0 Å². The minimum Gasteiger partial charge on any atom is -0.463 e. The molecule has 0 bridgehead atoms. The van der Waals surface area contributed by atoms with E-state index >= 15 is 0 Å². The zero-order valence-corrected chi connectivity index (χ0v) is 11.6. The number of nitrogens with zero attached hydrogens (tertiary/aromatic N) is 1. The molecule has 0 aliphatic carbocycles. The van der Waals surface area contributed by atoms with Crippen molar-refractivity contribution in [2.24, 2.45) is 5.16 Å². The molecule has 1 rings (SSSR count). The number of hydrogen-bond acceptors (Lipinski definition) is 5. The van der Waals surface area contributed by atoms with Crippen LogP contribution in [0.4, 0.5) is 4.79 Å². The van der Waals surface area contributed by atoms with Crippen LogP contribution in [-0.4, -0.2) is 43.0 Å². The summed E-state index contributed by atoms with van der Waals surface area (Å²) < 4.78 is 4.94. The predicted molar refractivity (Wildman–Crippen MR) is 69.8 cm³/mol. The molecular formula is C12H21N3O4. The van der Waals surface area contributed by atoms with Crippen LogP contribution in [-0.2, 0) is 14.4 Å². The van der Waals surface area contributed by atoms with Gasteiger partial charge < -0.3 is 20.2 Å². The lowest BCUT2D eigenvalue weighted by atomic mass is 10.2. The van der Waals surface area contributed by atoms with Crippen LogP contribution in [0, 0.1) is 0 Å². The minimum absolute atomic E-state index is 0.100. The third-order valence-corrected chi connectivity index (χ3v) is 2.35. The monoisotopic (exact) mass is 271 g/mol. The molecular weight excluding hydrogens is 250 g/mol. The Labute approximate surface area is 112 Å². The molecule has 0 aromatic carbocycles. The molecule has 2 N–H and O–H groups in total. The van der Waals surface area contributed by atoms with Crippen LogP contribution in [0.15, 0.2) is 5.16 Å². The molecule has 7 nitrogen and oxygen atoms in total. The molecule has 0 saturated carbocycles. The van der Waals surface area contributed by atoms with Crippen molar-refractivity contribution in [1.29, 1.82) is 0 Å². The second-order valence-electron chi connectivity index (χ2n) is 4.68. The van der Waals surface area contributed by atoms with Gasteiger partial charge in [-0.2, -0.15) is 0 Å². The first-order chi connectivity index (χ1) is 8.97. The van der Waals surface area contributed by atoms with E-state index in [4.69, 9.17) is 9.57 Å². The quantitative estimate of drug-likeness (QED) is 0.699. The number of nitrogens with one attached hydrogen (secondary N) is 2. The summed E-state index contributed by atoms with van der Waals surface area (Å²) in [5.41, 5.74) is 0.920. The van der Waals surface area contributed by atoms with Gasteiger partial charge in [0.15, 0.2) is 0 Å². The van der Waals surface area contributed by atoms with Crippen molar-refractivity contribution in [2.45, 2.75) is 45.8 Å². The summed E-state index contributed by atoms with van der Waals surface area (Å²) in [6.45, 7) is 6.08. The van der Waals surface area contributed by atoms with Gasteiger partial charge in [-0.3, -0.25) is 4.79 Å². The molecule has 0 saturated heterocycles. The van der Waals surface area contributed by atoms with Crippen LogP contribution >= 0.6 is 0 Å². The van der Waals surface area contributed by atoms with E-state index in [9.17, 15) is 9.59 Å². The lowest BCUT2D eigenvalue weighted by Crippen LogP contribution is -2.40. The Hall–Kier alpha value is -1.79. The standard InChI is InChI=1S/C12H21N3O4/c1-8(2)18-11(16)4-5-13-12(17)14-7-10-6-9(3)15-19-10/h8,10H,4-7H2,1-3H3,(H2,13,14,17). The molecule has 0 spiro atoms. The number of amides is 2. The molecule has 108 valence electrons. The summed E-state index contributed by atoms with van der Waals surface area (Å²) in [5, 5.41) is 9.03. The van der Waals surface area contributed by atoms with Gasteiger partial charge in [0.05, 0.1) is 24.8 Å². The topological polar surface area (TPSA) is 89.0 Å². The van der Waals surface area contributed by atoms with Crippen molar-refractivity contribution < 1.29 is 19.2 Å². The maximum Gasteiger partial charge on any atom is 0.314 e. The van der Waals surface area contributed by atoms with Gasteiger partial charge in [-0.25, -0.2) is 4.79 Å². The van der Waals surface area contributed by atoms with Gasteiger partial charge >= 0.3 is 12.0 Å². The van der Waals surface area contributed by atoms with Gasteiger partial charge in [-0.1, -0.05) is 5.16 Å². The summed E-state index contributed by atoms with van der Waals surface area (Å²) in [7, 11) is 0. The second-order valence-corrected chi connectivity index (χ2v) is 4.68. The fourth-order valence-corrected chi connectivity index (χ4v) is 1.55. The van der Waals surface area contributed by atoms with Crippen molar-refractivity contribution in [3.05, 3.63) is 0 Å². The highest BCUT2D eigenvalue weighted by Crippen LogP contribution is 2.08. The number of oxime groups is 1. The maximum absolute atomic E-state index is 11.4. The molecule has 7 heteroatoms. The van der Waals surface area contributed by atoms with E-state index in [2.05, 4.69) is 15.8 Å². The van der Waals surface area contributed by atoms with Gasteiger partial charge in [0, 0.05) is 13.0 Å². The Balaban J connectivity index is 2.04. The first-order valence-corrected chi connectivity index (χ1v) is 6.38. The average Bonchev–Trinajstić information content (AvgIpc) is 2.71. The van der Waals surface area contributed by atoms with Crippen molar-refractivity contribution in [3.63, 3.8) is 0 Å². The largest absolute Gasteiger partial charge is 0.463 e. The lowest BCUT2D eigenvalue weighted by Gasteiger charge is -2.11. The molecule has 19 heavy (non-hydrogen) atoms. The van der Waals surface area contributed by atoms with Crippen LogP contribution in [0.3, 0.4) is 0 Å². The Kier molecular flexibility index (Phi) is 6.11. The molecule has 0 radical (unpaired) electrons. The van der Waals surface area contributed by atoms with Crippen LogP contribution in [0.5, 0.6) is 0 Å². The highest BCUT2D eigenvalue weighted by molar-refractivity contribution is 5.83. The van der Waals surface area contributed by atoms with Gasteiger partial charge in [0.25, 0.3) is 0 Å². The molecule has 2 amide bonds. The molecule has 0 aromatic heterocycles. The molecule has 1 aliphatic heterocycles. The first-order valence-electron chi connectivity index (χ1n) is 6.38.